The Morgan fingerprint density at radius 2 is 2.25 bits per heavy atom. The monoisotopic (exact) mass is 280 g/mol. The van der Waals surface area contributed by atoms with Crippen LogP contribution >= 0.6 is 0 Å². The molecule has 112 valence electrons. The lowest BCUT2D eigenvalue weighted by atomic mass is 10.1. The first-order valence-electron chi connectivity index (χ1n) is 7.20. The fourth-order valence-corrected chi connectivity index (χ4v) is 2.55. The Morgan fingerprint density at radius 3 is 2.85 bits per heavy atom. The summed E-state index contributed by atoms with van der Waals surface area (Å²) >= 11 is 0. The molecule has 0 spiro atoms. The third kappa shape index (κ3) is 3.72. The first kappa shape index (κ1) is 14.8. The number of rotatable bonds is 5. The predicted octanol–water partition coefficient (Wildman–Crippen LogP) is 1.06. The molecule has 1 aromatic rings. The van der Waals surface area contributed by atoms with Gasteiger partial charge in [-0.15, -0.1) is 0 Å². The molecule has 1 unspecified atom stereocenters. The first-order chi connectivity index (χ1) is 9.58. The van der Waals surface area contributed by atoms with Gasteiger partial charge in [0, 0.05) is 32.4 Å². The van der Waals surface area contributed by atoms with Crippen LogP contribution in [0.3, 0.4) is 0 Å². The molecule has 1 saturated heterocycles. The van der Waals surface area contributed by atoms with E-state index in [1.54, 1.807) is 0 Å². The van der Waals surface area contributed by atoms with Crippen LogP contribution in [0.4, 0.5) is 4.79 Å². The Balaban J connectivity index is 1.68. The highest BCUT2D eigenvalue weighted by Gasteiger charge is 2.16. The molecule has 2 N–H and O–H groups in total. The summed E-state index contributed by atoms with van der Waals surface area (Å²) in [5, 5.41) is 10.1. The van der Waals surface area contributed by atoms with Crippen molar-refractivity contribution >= 4 is 6.03 Å². The van der Waals surface area contributed by atoms with Gasteiger partial charge in [-0.05, 0) is 38.7 Å². The minimum Gasteiger partial charge on any atom is -0.376 e. The number of aryl methyl sites for hydroxylation is 2. The average Bonchev–Trinajstić information content (AvgIpc) is 3.00. The number of hydrogen-bond donors (Lipinski definition) is 2. The van der Waals surface area contributed by atoms with Gasteiger partial charge in [0.25, 0.3) is 0 Å². The van der Waals surface area contributed by atoms with Crippen molar-refractivity contribution in [3.63, 3.8) is 0 Å². The van der Waals surface area contributed by atoms with Crippen LogP contribution in [0.5, 0.6) is 0 Å². The number of ether oxygens (including phenoxy) is 1. The SMILES string of the molecule is Cc1nn(C)c(C)c1CCNC(=O)NCC1CCCO1. The van der Waals surface area contributed by atoms with Crippen molar-refractivity contribution in [3.8, 4) is 0 Å². The molecule has 0 aliphatic carbocycles. The molecule has 0 saturated carbocycles. The molecule has 20 heavy (non-hydrogen) atoms. The lowest BCUT2D eigenvalue weighted by molar-refractivity contribution is 0.111. The largest absolute Gasteiger partial charge is 0.376 e. The van der Waals surface area contributed by atoms with Crippen molar-refractivity contribution in [2.24, 2.45) is 7.05 Å². The molecular formula is C14H24N4O2. The van der Waals surface area contributed by atoms with E-state index in [9.17, 15) is 4.79 Å². The van der Waals surface area contributed by atoms with Crippen LogP contribution in [0.25, 0.3) is 0 Å². The summed E-state index contributed by atoms with van der Waals surface area (Å²) in [5.41, 5.74) is 3.41. The molecule has 1 fully saturated rings. The molecule has 0 aromatic carbocycles. The molecule has 6 nitrogen and oxygen atoms in total. The number of carbonyl (C=O) groups is 1. The second-order valence-electron chi connectivity index (χ2n) is 5.29. The van der Waals surface area contributed by atoms with Gasteiger partial charge in [-0.25, -0.2) is 4.79 Å². The number of amides is 2. The van der Waals surface area contributed by atoms with Crippen molar-refractivity contribution in [1.82, 2.24) is 20.4 Å². The Morgan fingerprint density at radius 1 is 1.45 bits per heavy atom. The van der Waals surface area contributed by atoms with Gasteiger partial charge in [-0.1, -0.05) is 0 Å². The minimum atomic E-state index is -0.125. The van der Waals surface area contributed by atoms with Crippen LogP contribution in [0, 0.1) is 13.8 Å². The Bertz CT molecular complexity index is 464. The molecule has 2 rings (SSSR count). The average molecular weight is 280 g/mol. The van der Waals surface area contributed by atoms with Crippen molar-refractivity contribution < 1.29 is 9.53 Å². The van der Waals surface area contributed by atoms with E-state index in [0.717, 1.165) is 37.3 Å². The predicted molar refractivity (Wildman–Crippen MR) is 76.8 cm³/mol. The van der Waals surface area contributed by atoms with Crippen LogP contribution < -0.4 is 10.6 Å². The lowest BCUT2D eigenvalue weighted by Gasteiger charge is -2.11. The van der Waals surface area contributed by atoms with E-state index in [4.69, 9.17) is 4.74 Å². The van der Waals surface area contributed by atoms with E-state index in [1.807, 2.05) is 25.6 Å². The molecule has 2 amide bonds. The van der Waals surface area contributed by atoms with E-state index in [1.165, 1.54) is 5.56 Å². The van der Waals surface area contributed by atoms with Gasteiger partial charge >= 0.3 is 6.03 Å². The summed E-state index contributed by atoms with van der Waals surface area (Å²) in [6.45, 7) is 6.07. The molecule has 1 atom stereocenters. The van der Waals surface area contributed by atoms with Crippen LogP contribution in [0.15, 0.2) is 0 Å². The summed E-state index contributed by atoms with van der Waals surface area (Å²) in [7, 11) is 1.94. The van der Waals surface area contributed by atoms with Crippen LogP contribution in [-0.4, -0.2) is 41.6 Å². The topological polar surface area (TPSA) is 68.2 Å². The van der Waals surface area contributed by atoms with Gasteiger partial charge < -0.3 is 15.4 Å². The summed E-state index contributed by atoms with van der Waals surface area (Å²) in [5.74, 6) is 0. The summed E-state index contributed by atoms with van der Waals surface area (Å²) in [4.78, 5) is 11.7. The molecular weight excluding hydrogens is 256 g/mol. The summed E-state index contributed by atoms with van der Waals surface area (Å²) in [6.07, 6.45) is 3.12. The quantitative estimate of drug-likeness (QED) is 0.847. The fraction of sp³-hybridized carbons (Fsp3) is 0.714. The molecule has 0 bridgehead atoms. The number of aromatic nitrogens is 2. The van der Waals surface area contributed by atoms with E-state index in [-0.39, 0.29) is 12.1 Å². The van der Waals surface area contributed by atoms with Gasteiger partial charge in [-0.2, -0.15) is 5.10 Å². The first-order valence-corrected chi connectivity index (χ1v) is 7.20. The normalized spacial score (nSPS) is 18.2. The number of nitrogens with zero attached hydrogens (tertiary/aromatic N) is 2. The zero-order valence-electron chi connectivity index (χ0n) is 12.5. The number of urea groups is 1. The number of nitrogens with one attached hydrogen (secondary N) is 2. The van der Waals surface area contributed by atoms with Crippen LogP contribution in [0.2, 0.25) is 0 Å². The van der Waals surface area contributed by atoms with Gasteiger partial charge in [-0.3, -0.25) is 4.68 Å². The molecule has 6 heteroatoms. The third-order valence-electron chi connectivity index (χ3n) is 3.83. The second kappa shape index (κ2) is 6.74. The maximum absolute atomic E-state index is 11.7. The molecule has 1 aromatic heterocycles. The zero-order chi connectivity index (χ0) is 14.5. The van der Waals surface area contributed by atoms with Gasteiger partial charge in [0.2, 0.25) is 0 Å². The maximum atomic E-state index is 11.7. The number of hydrogen-bond acceptors (Lipinski definition) is 3. The van der Waals surface area contributed by atoms with Crippen molar-refractivity contribution in [1.29, 1.82) is 0 Å². The Hall–Kier alpha value is -1.56. The molecule has 1 aliphatic heterocycles. The zero-order valence-corrected chi connectivity index (χ0v) is 12.5. The highest BCUT2D eigenvalue weighted by atomic mass is 16.5. The number of carbonyl (C=O) groups excluding carboxylic acids is 1. The van der Waals surface area contributed by atoms with E-state index in [0.29, 0.717) is 13.1 Å². The fourth-order valence-electron chi connectivity index (χ4n) is 2.55. The lowest BCUT2D eigenvalue weighted by Crippen LogP contribution is -2.40. The minimum absolute atomic E-state index is 0.125. The second-order valence-corrected chi connectivity index (χ2v) is 5.29. The van der Waals surface area contributed by atoms with Crippen molar-refractivity contribution in [3.05, 3.63) is 17.0 Å². The van der Waals surface area contributed by atoms with Gasteiger partial charge in [0.1, 0.15) is 0 Å². The third-order valence-corrected chi connectivity index (χ3v) is 3.83. The summed E-state index contributed by atoms with van der Waals surface area (Å²) in [6, 6.07) is -0.125. The van der Waals surface area contributed by atoms with Crippen LogP contribution in [0.1, 0.15) is 29.8 Å². The van der Waals surface area contributed by atoms with Gasteiger partial charge in [0.05, 0.1) is 11.8 Å². The van der Waals surface area contributed by atoms with Crippen molar-refractivity contribution in [2.75, 3.05) is 19.7 Å². The summed E-state index contributed by atoms with van der Waals surface area (Å²) < 4.78 is 7.33. The van der Waals surface area contributed by atoms with Gasteiger partial charge in [0.15, 0.2) is 0 Å². The molecule has 1 aliphatic rings. The standard InChI is InChI=1S/C14H24N4O2/c1-10-13(11(2)18(3)17-10)6-7-15-14(19)16-9-12-5-4-8-20-12/h12H,4-9H2,1-3H3,(H2,15,16,19). The highest BCUT2D eigenvalue weighted by Crippen LogP contribution is 2.12. The molecule has 2 heterocycles. The highest BCUT2D eigenvalue weighted by molar-refractivity contribution is 5.73. The van der Waals surface area contributed by atoms with Crippen molar-refractivity contribution in [2.45, 2.75) is 39.2 Å². The Labute approximate surface area is 119 Å². The maximum Gasteiger partial charge on any atom is 0.314 e. The van der Waals surface area contributed by atoms with Crippen LogP contribution in [-0.2, 0) is 18.2 Å². The Kier molecular flexibility index (Phi) is 5.00. The van der Waals surface area contributed by atoms with E-state index < -0.39 is 0 Å². The molecule has 0 radical (unpaired) electrons. The smallest absolute Gasteiger partial charge is 0.314 e. The van der Waals surface area contributed by atoms with E-state index in [2.05, 4.69) is 15.7 Å². The van der Waals surface area contributed by atoms with E-state index >= 15 is 0 Å².